The minimum Gasteiger partial charge on any atom is -0.461 e. The summed E-state index contributed by atoms with van der Waals surface area (Å²) in [7, 11) is 0. The molecule has 19 heavy (non-hydrogen) atoms. The van der Waals surface area contributed by atoms with Gasteiger partial charge in [-0.2, -0.15) is 0 Å². The van der Waals surface area contributed by atoms with Crippen LogP contribution in [-0.4, -0.2) is 23.8 Å². The average molecular weight is 257 g/mol. The highest BCUT2D eigenvalue weighted by atomic mass is 16.5. The number of H-pyrrole nitrogens is 1. The van der Waals surface area contributed by atoms with Gasteiger partial charge in [0.1, 0.15) is 12.0 Å². The lowest BCUT2D eigenvalue weighted by Gasteiger charge is -2.02. The molecule has 0 amide bonds. The molecule has 1 aromatic heterocycles. The molecular weight excluding hydrogens is 242 g/mol. The summed E-state index contributed by atoms with van der Waals surface area (Å²) in [6.07, 6.45) is 3.20. The van der Waals surface area contributed by atoms with Crippen LogP contribution in [-0.2, 0) is 11.2 Å². The number of hydrogen-bond acceptors (Lipinski definition) is 3. The first kappa shape index (κ1) is 13.1. The molecule has 4 heteroatoms. The highest BCUT2D eigenvalue weighted by Gasteiger charge is 2.10. The SMILES string of the molecule is CCOC(=O)c1cc(Cc2ccccc2C=O)c[nH]1. The van der Waals surface area contributed by atoms with E-state index in [9.17, 15) is 9.59 Å². The molecule has 1 N–H and O–H groups in total. The summed E-state index contributed by atoms with van der Waals surface area (Å²) in [5, 5.41) is 0. The van der Waals surface area contributed by atoms with Crippen LogP contribution in [0.2, 0.25) is 0 Å². The molecule has 0 bridgehead atoms. The highest BCUT2D eigenvalue weighted by Crippen LogP contribution is 2.14. The standard InChI is InChI=1S/C15H15NO3/c1-2-19-15(18)14-8-11(9-16-14)7-12-5-3-4-6-13(12)10-17/h3-6,8-10,16H,2,7H2,1H3. The summed E-state index contributed by atoms with van der Waals surface area (Å²) >= 11 is 0. The van der Waals surface area contributed by atoms with Crippen LogP contribution in [0.15, 0.2) is 36.5 Å². The molecule has 0 saturated carbocycles. The molecule has 4 nitrogen and oxygen atoms in total. The largest absolute Gasteiger partial charge is 0.461 e. The van der Waals surface area contributed by atoms with E-state index < -0.39 is 0 Å². The highest BCUT2D eigenvalue weighted by molar-refractivity contribution is 5.87. The maximum Gasteiger partial charge on any atom is 0.354 e. The van der Waals surface area contributed by atoms with E-state index in [0.29, 0.717) is 24.3 Å². The van der Waals surface area contributed by atoms with Crippen LogP contribution in [0.25, 0.3) is 0 Å². The van der Waals surface area contributed by atoms with Crippen LogP contribution in [0.1, 0.15) is 38.9 Å². The second-order valence-corrected chi connectivity index (χ2v) is 4.14. The molecule has 0 atom stereocenters. The van der Waals surface area contributed by atoms with Crippen LogP contribution in [0, 0.1) is 0 Å². The lowest BCUT2D eigenvalue weighted by molar-refractivity contribution is 0.0520. The number of ether oxygens (including phenoxy) is 1. The summed E-state index contributed by atoms with van der Waals surface area (Å²) in [5.41, 5.74) is 2.98. The van der Waals surface area contributed by atoms with Gasteiger partial charge in [-0.05, 0) is 30.5 Å². The summed E-state index contributed by atoms with van der Waals surface area (Å²) in [4.78, 5) is 25.3. The number of aldehydes is 1. The number of nitrogens with one attached hydrogen (secondary N) is 1. The Morgan fingerprint density at radius 1 is 1.37 bits per heavy atom. The molecule has 2 rings (SSSR count). The van der Waals surface area contributed by atoms with Crippen molar-refractivity contribution in [2.75, 3.05) is 6.61 Å². The quantitative estimate of drug-likeness (QED) is 0.661. The minimum atomic E-state index is -0.363. The van der Waals surface area contributed by atoms with Gasteiger partial charge in [0.15, 0.2) is 0 Å². The number of esters is 1. The number of rotatable bonds is 5. The first-order valence-electron chi connectivity index (χ1n) is 6.12. The van der Waals surface area contributed by atoms with Crippen LogP contribution in [0.4, 0.5) is 0 Å². The molecule has 0 spiro atoms. The molecule has 98 valence electrons. The third-order valence-corrected chi connectivity index (χ3v) is 2.81. The molecule has 0 aliphatic heterocycles. The number of carbonyl (C=O) groups excluding carboxylic acids is 2. The van der Waals surface area contributed by atoms with E-state index in [1.54, 1.807) is 25.3 Å². The second-order valence-electron chi connectivity index (χ2n) is 4.14. The zero-order valence-electron chi connectivity index (χ0n) is 10.7. The lowest BCUT2D eigenvalue weighted by atomic mass is 10.0. The normalized spacial score (nSPS) is 10.2. The molecule has 0 saturated heterocycles. The number of aromatic nitrogens is 1. The Hall–Kier alpha value is -2.36. The third-order valence-electron chi connectivity index (χ3n) is 2.81. The van der Waals surface area contributed by atoms with Crippen molar-refractivity contribution in [1.29, 1.82) is 0 Å². The molecule has 0 aliphatic rings. The zero-order valence-corrected chi connectivity index (χ0v) is 10.7. The van der Waals surface area contributed by atoms with E-state index in [1.807, 2.05) is 18.2 Å². The Morgan fingerprint density at radius 2 is 2.16 bits per heavy atom. The summed E-state index contributed by atoms with van der Waals surface area (Å²) < 4.78 is 4.91. The molecule has 2 aromatic rings. The predicted molar refractivity (Wildman–Crippen MR) is 71.4 cm³/mol. The van der Waals surface area contributed by atoms with Crippen molar-refractivity contribution in [1.82, 2.24) is 4.98 Å². The van der Waals surface area contributed by atoms with Gasteiger partial charge in [-0.25, -0.2) is 4.79 Å². The Labute approximate surface area is 111 Å². The fraction of sp³-hybridized carbons (Fsp3) is 0.200. The monoisotopic (exact) mass is 257 g/mol. The maximum atomic E-state index is 11.5. The van der Waals surface area contributed by atoms with Gasteiger partial charge in [-0.1, -0.05) is 24.3 Å². The fourth-order valence-electron chi connectivity index (χ4n) is 1.90. The summed E-state index contributed by atoms with van der Waals surface area (Å²) in [5.74, 6) is -0.363. The van der Waals surface area contributed by atoms with Gasteiger partial charge < -0.3 is 9.72 Å². The van der Waals surface area contributed by atoms with E-state index in [2.05, 4.69) is 4.98 Å². The van der Waals surface area contributed by atoms with Crippen molar-refractivity contribution in [2.45, 2.75) is 13.3 Å². The number of carbonyl (C=O) groups is 2. The van der Waals surface area contributed by atoms with Crippen molar-refractivity contribution >= 4 is 12.3 Å². The lowest BCUT2D eigenvalue weighted by Crippen LogP contribution is -2.04. The fourth-order valence-corrected chi connectivity index (χ4v) is 1.90. The first-order valence-corrected chi connectivity index (χ1v) is 6.12. The molecule has 0 aliphatic carbocycles. The van der Waals surface area contributed by atoms with Crippen molar-refractivity contribution in [3.63, 3.8) is 0 Å². The topological polar surface area (TPSA) is 59.2 Å². The van der Waals surface area contributed by atoms with Crippen LogP contribution < -0.4 is 0 Å². The third kappa shape index (κ3) is 3.10. The van der Waals surface area contributed by atoms with Gasteiger partial charge >= 0.3 is 5.97 Å². The van der Waals surface area contributed by atoms with Gasteiger partial charge in [-0.15, -0.1) is 0 Å². The van der Waals surface area contributed by atoms with E-state index in [0.717, 1.165) is 17.4 Å². The molecule has 1 heterocycles. The number of aromatic amines is 1. The Morgan fingerprint density at radius 3 is 2.89 bits per heavy atom. The van der Waals surface area contributed by atoms with Crippen molar-refractivity contribution in [3.05, 3.63) is 58.9 Å². The molecule has 0 radical (unpaired) electrons. The van der Waals surface area contributed by atoms with Crippen molar-refractivity contribution < 1.29 is 14.3 Å². The molecular formula is C15H15NO3. The Balaban J connectivity index is 2.16. The summed E-state index contributed by atoms with van der Waals surface area (Å²) in [6.45, 7) is 2.11. The Kier molecular flexibility index (Phi) is 4.13. The molecule has 0 unspecified atom stereocenters. The van der Waals surface area contributed by atoms with E-state index in [1.165, 1.54) is 0 Å². The molecule has 0 fully saturated rings. The zero-order chi connectivity index (χ0) is 13.7. The number of hydrogen-bond donors (Lipinski definition) is 1. The number of benzene rings is 1. The van der Waals surface area contributed by atoms with Crippen molar-refractivity contribution in [3.8, 4) is 0 Å². The van der Waals surface area contributed by atoms with Crippen LogP contribution >= 0.6 is 0 Å². The van der Waals surface area contributed by atoms with Gasteiger partial charge in [0.2, 0.25) is 0 Å². The minimum absolute atomic E-state index is 0.348. The maximum absolute atomic E-state index is 11.5. The van der Waals surface area contributed by atoms with Crippen LogP contribution in [0.5, 0.6) is 0 Å². The molecule has 1 aromatic carbocycles. The van der Waals surface area contributed by atoms with Gasteiger partial charge in [0.05, 0.1) is 6.61 Å². The Bertz CT molecular complexity index is 587. The van der Waals surface area contributed by atoms with Crippen LogP contribution in [0.3, 0.4) is 0 Å². The summed E-state index contributed by atoms with van der Waals surface area (Å²) in [6, 6.07) is 9.15. The van der Waals surface area contributed by atoms with E-state index in [-0.39, 0.29) is 5.97 Å². The smallest absolute Gasteiger partial charge is 0.354 e. The van der Waals surface area contributed by atoms with E-state index >= 15 is 0 Å². The van der Waals surface area contributed by atoms with Gasteiger partial charge in [0.25, 0.3) is 0 Å². The second kappa shape index (κ2) is 6.00. The first-order chi connectivity index (χ1) is 9.24. The predicted octanol–water partition coefficient (Wildman–Crippen LogP) is 2.59. The van der Waals surface area contributed by atoms with Gasteiger partial charge in [-0.3, -0.25) is 4.79 Å². The average Bonchev–Trinajstić information content (AvgIpc) is 2.88. The van der Waals surface area contributed by atoms with E-state index in [4.69, 9.17) is 4.74 Å². The van der Waals surface area contributed by atoms with Gasteiger partial charge in [0, 0.05) is 11.8 Å². The van der Waals surface area contributed by atoms with Crippen molar-refractivity contribution in [2.24, 2.45) is 0 Å².